The molecule has 0 radical (unpaired) electrons. The number of aromatic nitrogens is 3. The molecule has 4 aromatic rings. The molecule has 0 saturated carbocycles. The SMILES string of the molecule is Nc1c(Nc2cccc(Br)c2)ncnc1Sc1cccc2cccnc12. The fourth-order valence-electron chi connectivity index (χ4n) is 2.53. The van der Waals surface area contributed by atoms with Crippen LogP contribution in [-0.4, -0.2) is 15.0 Å². The Morgan fingerprint density at radius 2 is 1.81 bits per heavy atom. The van der Waals surface area contributed by atoms with Gasteiger partial charge in [-0.25, -0.2) is 9.97 Å². The number of hydrogen-bond acceptors (Lipinski definition) is 6. The summed E-state index contributed by atoms with van der Waals surface area (Å²) in [6, 6.07) is 17.8. The van der Waals surface area contributed by atoms with Gasteiger partial charge < -0.3 is 11.1 Å². The lowest BCUT2D eigenvalue weighted by atomic mass is 10.2. The third-order valence-corrected chi connectivity index (χ3v) is 5.30. The van der Waals surface area contributed by atoms with Crippen molar-refractivity contribution >= 4 is 55.8 Å². The molecule has 0 amide bonds. The third kappa shape index (κ3) is 3.49. The summed E-state index contributed by atoms with van der Waals surface area (Å²) in [6.45, 7) is 0. The molecule has 0 spiro atoms. The highest BCUT2D eigenvalue weighted by Gasteiger charge is 2.12. The number of nitrogens with two attached hydrogens (primary N) is 1. The van der Waals surface area contributed by atoms with Crippen LogP contribution < -0.4 is 11.1 Å². The second-order valence-corrected chi connectivity index (χ2v) is 7.46. The van der Waals surface area contributed by atoms with Crippen molar-refractivity contribution in [3.05, 3.63) is 71.6 Å². The van der Waals surface area contributed by atoms with Crippen LogP contribution in [0.3, 0.4) is 0 Å². The van der Waals surface area contributed by atoms with Gasteiger partial charge in [-0.3, -0.25) is 4.98 Å². The lowest BCUT2D eigenvalue weighted by Crippen LogP contribution is -2.02. The number of nitrogens with zero attached hydrogens (tertiary/aromatic N) is 3. The van der Waals surface area contributed by atoms with Crippen molar-refractivity contribution in [3.8, 4) is 0 Å². The molecule has 4 rings (SSSR count). The van der Waals surface area contributed by atoms with Crippen molar-refractivity contribution in [1.82, 2.24) is 15.0 Å². The van der Waals surface area contributed by atoms with Gasteiger partial charge in [0.05, 0.1) is 5.52 Å². The summed E-state index contributed by atoms with van der Waals surface area (Å²) >= 11 is 4.94. The number of benzene rings is 2. The van der Waals surface area contributed by atoms with Crippen LogP contribution in [0.25, 0.3) is 10.9 Å². The molecule has 128 valence electrons. The zero-order chi connectivity index (χ0) is 17.9. The van der Waals surface area contributed by atoms with E-state index >= 15 is 0 Å². The van der Waals surface area contributed by atoms with E-state index in [2.05, 4.69) is 36.2 Å². The van der Waals surface area contributed by atoms with Crippen molar-refractivity contribution in [3.63, 3.8) is 0 Å². The van der Waals surface area contributed by atoms with E-state index in [1.165, 1.54) is 18.1 Å². The highest BCUT2D eigenvalue weighted by atomic mass is 79.9. The normalized spacial score (nSPS) is 10.8. The molecule has 0 aliphatic heterocycles. The number of nitrogens with one attached hydrogen (secondary N) is 1. The lowest BCUT2D eigenvalue weighted by Gasteiger charge is -2.11. The molecule has 2 heterocycles. The molecule has 0 atom stereocenters. The smallest absolute Gasteiger partial charge is 0.158 e. The Labute approximate surface area is 163 Å². The second kappa shape index (κ2) is 7.31. The zero-order valence-electron chi connectivity index (χ0n) is 13.6. The molecule has 7 heteroatoms. The summed E-state index contributed by atoms with van der Waals surface area (Å²) in [6.07, 6.45) is 3.30. The van der Waals surface area contributed by atoms with Gasteiger partial charge in [0.25, 0.3) is 0 Å². The molecule has 2 aromatic carbocycles. The number of fused-ring (bicyclic) bond motifs is 1. The Hall–Kier alpha value is -2.64. The van der Waals surface area contributed by atoms with Crippen LogP contribution >= 0.6 is 27.7 Å². The molecule has 0 saturated heterocycles. The van der Waals surface area contributed by atoms with Crippen molar-refractivity contribution < 1.29 is 0 Å². The Morgan fingerprint density at radius 1 is 0.962 bits per heavy atom. The molecule has 0 bridgehead atoms. The molecule has 0 aliphatic carbocycles. The molecule has 3 N–H and O–H groups in total. The van der Waals surface area contributed by atoms with Crippen LogP contribution in [0.15, 0.2) is 81.5 Å². The molecule has 26 heavy (non-hydrogen) atoms. The topological polar surface area (TPSA) is 76.7 Å². The van der Waals surface area contributed by atoms with E-state index in [1.807, 2.05) is 54.6 Å². The van der Waals surface area contributed by atoms with Crippen molar-refractivity contribution in [2.45, 2.75) is 9.92 Å². The number of para-hydroxylation sites is 1. The van der Waals surface area contributed by atoms with E-state index < -0.39 is 0 Å². The standard InChI is InChI=1S/C19H14BrN5S/c20-13-6-2-7-14(10-13)25-18-16(21)19(24-11-23-18)26-15-8-1-4-12-5-3-9-22-17(12)15/h1-11H,21H2,(H,23,24,25). The second-order valence-electron chi connectivity index (χ2n) is 5.51. The number of hydrogen-bond donors (Lipinski definition) is 2. The maximum Gasteiger partial charge on any atom is 0.158 e. The number of nitrogen functional groups attached to an aromatic ring is 1. The average molecular weight is 424 g/mol. The molecule has 0 unspecified atom stereocenters. The van der Waals surface area contributed by atoms with Crippen LogP contribution in [0, 0.1) is 0 Å². The number of pyridine rings is 1. The minimum absolute atomic E-state index is 0.505. The first-order valence-corrected chi connectivity index (χ1v) is 9.46. The van der Waals surface area contributed by atoms with Crippen molar-refractivity contribution in [1.29, 1.82) is 0 Å². The highest BCUT2D eigenvalue weighted by molar-refractivity contribution is 9.10. The molecular formula is C19H14BrN5S. The van der Waals surface area contributed by atoms with Gasteiger partial charge in [-0.2, -0.15) is 0 Å². The van der Waals surface area contributed by atoms with Crippen LogP contribution in [0.2, 0.25) is 0 Å². The monoisotopic (exact) mass is 423 g/mol. The van der Waals surface area contributed by atoms with Crippen LogP contribution in [0.5, 0.6) is 0 Å². The number of halogens is 1. The summed E-state index contributed by atoms with van der Waals surface area (Å²) in [5.74, 6) is 0.578. The van der Waals surface area contributed by atoms with Gasteiger partial charge in [-0.1, -0.05) is 52.0 Å². The predicted molar refractivity (Wildman–Crippen MR) is 110 cm³/mol. The van der Waals surface area contributed by atoms with Gasteiger partial charge >= 0.3 is 0 Å². The highest BCUT2D eigenvalue weighted by Crippen LogP contribution is 2.36. The van der Waals surface area contributed by atoms with E-state index in [-0.39, 0.29) is 0 Å². The van der Waals surface area contributed by atoms with Gasteiger partial charge in [0.1, 0.15) is 17.0 Å². The first kappa shape index (κ1) is 16.8. The van der Waals surface area contributed by atoms with Crippen LogP contribution in [-0.2, 0) is 0 Å². The zero-order valence-corrected chi connectivity index (χ0v) is 16.0. The Kier molecular flexibility index (Phi) is 4.73. The Balaban J connectivity index is 1.67. The average Bonchev–Trinajstić information content (AvgIpc) is 2.65. The summed E-state index contributed by atoms with van der Waals surface area (Å²) in [5.41, 5.74) is 8.65. The first-order valence-electron chi connectivity index (χ1n) is 7.85. The molecular weight excluding hydrogens is 410 g/mol. The van der Waals surface area contributed by atoms with E-state index in [0.29, 0.717) is 16.5 Å². The van der Waals surface area contributed by atoms with Gasteiger partial charge in [0.2, 0.25) is 0 Å². The quantitative estimate of drug-likeness (QED) is 0.435. The largest absolute Gasteiger partial charge is 0.394 e. The van der Waals surface area contributed by atoms with Crippen molar-refractivity contribution in [2.24, 2.45) is 0 Å². The summed E-state index contributed by atoms with van der Waals surface area (Å²) < 4.78 is 0.978. The fraction of sp³-hybridized carbons (Fsp3) is 0. The molecule has 2 aromatic heterocycles. The third-order valence-electron chi connectivity index (χ3n) is 3.74. The maximum atomic E-state index is 6.32. The lowest BCUT2D eigenvalue weighted by molar-refractivity contribution is 1.06. The van der Waals surface area contributed by atoms with E-state index in [9.17, 15) is 0 Å². The van der Waals surface area contributed by atoms with Crippen molar-refractivity contribution in [2.75, 3.05) is 11.1 Å². The fourth-order valence-corrected chi connectivity index (χ4v) is 3.85. The molecule has 0 aliphatic rings. The Bertz CT molecular complexity index is 1080. The number of rotatable bonds is 4. The van der Waals surface area contributed by atoms with Crippen LogP contribution in [0.4, 0.5) is 17.2 Å². The predicted octanol–water partition coefficient (Wildman–Crippen LogP) is 5.26. The summed E-state index contributed by atoms with van der Waals surface area (Å²) in [5, 5.41) is 5.01. The van der Waals surface area contributed by atoms with E-state index in [1.54, 1.807) is 6.20 Å². The van der Waals surface area contributed by atoms with Gasteiger partial charge in [-0.05, 0) is 30.3 Å². The first-order chi connectivity index (χ1) is 12.7. The summed E-state index contributed by atoms with van der Waals surface area (Å²) in [4.78, 5) is 14.1. The molecule has 5 nitrogen and oxygen atoms in total. The molecule has 0 fully saturated rings. The van der Waals surface area contributed by atoms with Gasteiger partial charge in [0, 0.05) is 26.6 Å². The van der Waals surface area contributed by atoms with E-state index in [4.69, 9.17) is 5.73 Å². The Morgan fingerprint density at radius 3 is 2.69 bits per heavy atom. The van der Waals surface area contributed by atoms with E-state index in [0.717, 1.165) is 26.0 Å². The maximum absolute atomic E-state index is 6.32. The van der Waals surface area contributed by atoms with Gasteiger partial charge in [-0.15, -0.1) is 0 Å². The van der Waals surface area contributed by atoms with Crippen LogP contribution in [0.1, 0.15) is 0 Å². The van der Waals surface area contributed by atoms with Gasteiger partial charge in [0.15, 0.2) is 5.82 Å². The minimum atomic E-state index is 0.505. The summed E-state index contributed by atoms with van der Waals surface area (Å²) in [7, 11) is 0. The number of anilines is 3. The minimum Gasteiger partial charge on any atom is -0.394 e.